The van der Waals surface area contributed by atoms with Gasteiger partial charge in [0.1, 0.15) is 22.4 Å². The number of nitrogens with one attached hydrogen (secondary N) is 3. The van der Waals surface area contributed by atoms with Crippen LogP contribution in [0.5, 0.6) is 5.75 Å². The van der Waals surface area contributed by atoms with Gasteiger partial charge in [-0.1, -0.05) is 30.9 Å². The van der Waals surface area contributed by atoms with E-state index < -0.39 is 35.3 Å². The lowest BCUT2D eigenvalue weighted by Gasteiger charge is -2.23. The van der Waals surface area contributed by atoms with Crippen LogP contribution in [0.15, 0.2) is 24.3 Å². The molecule has 1 aliphatic carbocycles. The second-order valence-electron chi connectivity index (χ2n) is 8.01. The Morgan fingerprint density at radius 2 is 1.85 bits per heavy atom. The highest BCUT2D eigenvalue weighted by molar-refractivity contribution is 6.33. The van der Waals surface area contributed by atoms with Crippen LogP contribution in [0.3, 0.4) is 0 Å². The topological polar surface area (TPSA) is 79.0 Å². The van der Waals surface area contributed by atoms with Crippen molar-refractivity contribution in [2.75, 3.05) is 11.9 Å². The van der Waals surface area contributed by atoms with Gasteiger partial charge in [-0.2, -0.15) is 13.2 Å². The number of carbonyl (C=O) groups excluding carboxylic acids is 1. The van der Waals surface area contributed by atoms with Gasteiger partial charge in [0.15, 0.2) is 6.61 Å². The third-order valence-corrected chi connectivity index (χ3v) is 5.82. The highest BCUT2D eigenvalue weighted by atomic mass is 35.5. The van der Waals surface area contributed by atoms with Crippen LogP contribution in [-0.4, -0.2) is 34.7 Å². The Balaban J connectivity index is 1.67. The number of H-pyrrole nitrogens is 1. The summed E-state index contributed by atoms with van der Waals surface area (Å²) in [7, 11) is 0. The van der Waals surface area contributed by atoms with E-state index in [1.807, 2.05) is 0 Å². The van der Waals surface area contributed by atoms with Gasteiger partial charge < -0.3 is 20.4 Å². The Hall–Kier alpha value is -3.08. The van der Waals surface area contributed by atoms with E-state index in [2.05, 4.69) is 20.6 Å². The first-order chi connectivity index (χ1) is 16.1. The molecular formula is C22H20ClF5N4O2. The highest BCUT2D eigenvalue weighted by Gasteiger charge is 2.30. The maximum atomic E-state index is 14.1. The number of aromatic amines is 1. The normalized spacial score (nSPS) is 14.9. The average Bonchev–Trinajstić information content (AvgIpc) is 3.19. The zero-order valence-corrected chi connectivity index (χ0v) is 18.4. The van der Waals surface area contributed by atoms with Gasteiger partial charge in [0.25, 0.3) is 5.91 Å². The number of fused-ring (bicyclic) bond motifs is 1. The molecule has 1 fully saturated rings. The number of alkyl halides is 3. The first-order valence-electron chi connectivity index (χ1n) is 10.6. The first-order valence-corrected chi connectivity index (χ1v) is 10.9. The van der Waals surface area contributed by atoms with E-state index in [4.69, 9.17) is 16.3 Å². The van der Waals surface area contributed by atoms with E-state index in [1.165, 1.54) is 12.1 Å². The lowest BCUT2D eigenvalue weighted by molar-refractivity contribution is -0.153. The van der Waals surface area contributed by atoms with Crippen LogP contribution in [0.1, 0.15) is 42.5 Å². The SMILES string of the molecule is O=C(NC1CCCCC1)c1cc2[nH]c(Nc3c(F)ccc(F)c3Cl)nc2cc1OCC(F)(F)F. The number of amides is 1. The van der Waals surface area contributed by atoms with Gasteiger partial charge in [0.2, 0.25) is 5.95 Å². The second-order valence-corrected chi connectivity index (χ2v) is 8.38. The number of imidazole rings is 1. The van der Waals surface area contributed by atoms with E-state index in [0.717, 1.165) is 44.2 Å². The summed E-state index contributed by atoms with van der Waals surface area (Å²) in [5.41, 5.74) is -0.0672. The van der Waals surface area contributed by atoms with Crippen molar-refractivity contribution in [1.82, 2.24) is 15.3 Å². The second kappa shape index (κ2) is 9.65. The number of benzene rings is 2. The van der Waals surface area contributed by atoms with Crippen molar-refractivity contribution < 1.29 is 31.5 Å². The number of carbonyl (C=O) groups is 1. The van der Waals surface area contributed by atoms with E-state index in [9.17, 15) is 26.7 Å². The molecule has 34 heavy (non-hydrogen) atoms. The fourth-order valence-electron chi connectivity index (χ4n) is 3.82. The number of rotatable bonds is 6. The summed E-state index contributed by atoms with van der Waals surface area (Å²) >= 11 is 5.82. The van der Waals surface area contributed by atoms with Gasteiger partial charge in [0.05, 0.1) is 22.3 Å². The predicted octanol–water partition coefficient (Wildman–Crippen LogP) is 6.24. The molecule has 1 heterocycles. The smallest absolute Gasteiger partial charge is 0.422 e. The molecule has 0 bridgehead atoms. The van der Waals surface area contributed by atoms with Crippen molar-refractivity contribution in [3.05, 3.63) is 46.5 Å². The van der Waals surface area contributed by atoms with E-state index >= 15 is 0 Å². The monoisotopic (exact) mass is 502 g/mol. The molecule has 0 spiro atoms. The van der Waals surface area contributed by atoms with Crippen molar-refractivity contribution >= 4 is 40.2 Å². The van der Waals surface area contributed by atoms with Crippen molar-refractivity contribution in [1.29, 1.82) is 0 Å². The number of nitrogens with zero attached hydrogens (tertiary/aromatic N) is 1. The fraction of sp³-hybridized carbons (Fsp3) is 0.364. The summed E-state index contributed by atoms with van der Waals surface area (Å²) in [4.78, 5) is 19.8. The van der Waals surface area contributed by atoms with E-state index in [0.29, 0.717) is 0 Å². The zero-order chi connectivity index (χ0) is 24.5. The van der Waals surface area contributed by atoms with Crippen LogP contribution in [-0.2, 0) is 0 Å². The molecule has 2 aromatic carbocycles. The van der Waals surface area contributed by atoms with Gasteiger partial charge >= 0.3 is 6.18 Å². The van der Waals surface area contributed by atoms with E-state index in [-0.39, 0.29) is 40.0 Å². The minimum Gasteiger partial charge on any atom is -0.483 e. The molecule has 3 aromatic rings. The molecule has 0 radical (unpaired) electrons. The Morgan fingerprint density at radius 1 is 1.15 bits per heavy atom. The summed E-state index contributed by atoms with van der Waals surface area (Å²) < 4.78 is 71.1. The van der Waals surface area contributed by atoms with Gasteiger partial charge in [-0.05, 0) is 31.0 Å². The predicted molar refractivity (Wildman–Crippen MR) is 117 cm³/mol. The first kappa shape index (κ1) is 24.1. The largest absolute Gasteiger partial charge is 0.483 e. The molecule has 12 heteroatoms. The maximum Gasteiger partial charge on any atom is 0.422 e. The van der Waals surface area contributed by atoms with Crippen molar-refractivity contribution in [3.8, 4) is 5.75 Å². The summed E-state index contributed by atoms with van der Waals surface area (Å²) in [6.07, 6.45) is -0.0733. The third-order valence-electron chi connectivity index (χ3n) is 5.45. The van der Waals surface area contributed by atoms with Crippen LogP contribution in [0.2, 0.25) is 5.02 Å². The Morgan fingerprint density at radius 3 is 2.56 bits per heavy atom. The lowest BCUT2D eigenvalue weighted by atomic mass is 9.95. The molecule has 1 aliphatic rings. The molecule has 6 nitrogen and oxygen atoms in total. The Kier molecular flexibility index (Phi) is 6.83. The van der Waals surface area contributed by atoms with E-state index in [1.54, 1.807) is 0 Å². The molecule has 1 saturated carbocycles. The lowest BCUT2D eigenvalue weighted by Crippen LogP contribution is -2.36. The van der Waals surface area contributed by atoms with Crippen molar-refractivity contribution in [2.24, 2.45) is 0 Å². The summed E-state index contributed by atoms with van der Waals surface area (Å²) in [5, 5.41) is 4.87. The Bertz CT molecular complexity index is 1210. The summed E-state index contributed by atoms with van der Waals surface area (Å²) in [5.74, 6) is -2.63. The van der Waals surface area contributed by atoms with Gasteiger partial charge in [-0.3, -0.25) is 4.79 Å². The van der Waals surface area contributed by atoms with Crippen LogP contribution in [0.25, 0.3) is 11.0 Å². The molecule has 1 aromatic heterocycles. The number of hydrogen-bond acceptors (Lipinski definition) is 4. The van der Waals surface area contributed by atoms with Crippen molar-refractivity contribution in [2.45, 2.75) is 44.3 Å². The summed E-state index contributed by atoms with van der Waals surface area (Å²) in [6.45, 7) is -1.60. The van der Waals surface area contributed by atoms with Crippen LogP contribution >= 0.6 is 11.6 Å². The molecule has 182 valence electrons. The number of ether oxygens (including phenoxy) is 1. The molecule has 3 N–H and O–H groups in total. The molecule has 0 saturated heterocycles. The molecule has 1 amide bonds. The highest BCUT2D eigenvalue weighted by Crippen LogP contribution is 2.32. The number of aromatic nitrogens is 2. The van der Waals surface area contributed by atoms with Gasteiger partial charge in [-0.25, -0.2) is 13.8 Å². The number of anilines is 2. The van der Waals surface area contributed by atoms with Crippen LogP contribution < -0.4 is 15.4 Å². The minimum atomic E-state index is -4.62. The van der Waals surface area contributed by atoms with Crippen molar-refractivity contribution in [3.63, 3.8) is 0 Å². The maximum absolute atomic E-state index is 14.1. The van der Waals surface area contributed by atoms with Crippen LogP contribution in [0.4, 0.5) is 33.6 Å². The quantitative estimate of drug-likeness (QED) is 0.275. The molecule has 0 unspecified atom stereocenters. The molecule has 0 atom stereocenters. The zero-order valence-electron chi connectivity index (χ0n) is 17.7. The van der Waals surface area contributed by atoms with Crippen LogP contribution in [0, 0.1) is 11.6 Å². The molecule has 0 aliphatic heterocycles. The standard InChI is InChI=1S/C22H20ClF5N4O2/c23-18-13(24)6-7-14(25)19(18)32-21-30-15-8-12(20(33)29-11-4-2-1-3-5-11)17(9-16(15)31-21)34-10-22(26,27)28/h6-9,11H,1-5,10H2,(H,29,33)(H2,30,31,32). The number of hydrogen-bond donors (Lipinski definition) is 3. The average molecular weight is 503 g/mol. The Labute approximate surface area is 195 Å². The number of halogens is 6. The fourth-order valence-corrected chi connectivity index (χ4v) is 4.02. The minimum absolute atomic E-state index is 0.0620. The third kappa shape index (κ3) is 5.52. The molecule has 4 rings (SSSR count). The molecular weight excluding hydrogens is 483 g/mol. The van der Waals surface area contributed by atoms with Gasteiger partial charge in [0, 0.05) is 12.1 Å². The summed E-state index contributed by atoms with van der Waals surface area (Å²) in [6, 6.07) is 4.15. The van der Waals surface area contributed by atoms with Gasteiger partial charge in [-0.15, -0.1) is 0 Å².